The van der Waals surface area contributed by atoms with E-state index in [4.69, 9.17) is 0 Å². The molecule has 0 spiro atoms. The van der Waals surface area contributed by atoms with Crippen molar-refractivity contribution in [2.24, 2.45) is 0 Å². The lowest BCUT2D eigenvalue weighted by molar-refractivity contribution is -0.303. The molecule has 2 heterocycles. The van der Waals surface area contributed by atoms with Crippen LogP contribution in [0.15, 0.2) is 40.9 Å². The van der Waals surface area contributed by atoms with E-state index in [1.807, 2.05) is 17.9 Å². The van der Waals surface area contributed by atoms with Crippen molar-refractivity contribution in [3.8, 4) is 0 Å². The van der Waals surface area contributed by atoms with Crippen LogP contribution in [0.3, 0.4) is 0 Å². The zero-order chi connectivity index (χ0) is 29.9. The van der Waals surface area contributed by atoms with Gasteiger partial charge in [-0.2, -0.15) is 0 Å². The molecule has 1 aliphatic rings. The van der Waals surface area contributed by atoms with Crippen molar-refractivity contribution < 1.29 is 27.5 Å². The number of halogens is 3. The minimum Gasteiger partial charge on any atom is -0.406 e. The third kappa shape index (κ3) is 9.54. The summed E-state index contributed by atoms with van der Waals surface area (Å²) < 4.78 is 41.1. The first-order valence-electron chi connectivity index (χ1n) is 13.2. The molecule has 2 rings (SSSR count). The number of alkyl halides is 3. The fourth-order valence-electron chi connectivity index (χ4n) is 4.82. The molecule has 0 aromatic carbocycles. The summed E-state index contributed by atoms with van der Waals surface area (Å²) in [6.45, 7) is 11.0. The number of nitrogens with one attached hydrogen (secondary N) is 3. The maximum Gasteiger partial charge on any atom is 0.573 e. The number of aromatic amines is 1. The predicted octanol–water partition coefficient (Wildman–Crippen LogP) is 3.18. The zero-order valence-electron chi connectivity index (χ0n) is 23.4. The molecule has 0 saturated carbocycles. The lowest BCUT2D eigenvalue weighted by Crippen LogP contribution is -2.57. The first-order chi connectivity index (χ1) is 18.9. The summed E-state index contributed by atoms with van der Waals surface area (Å²) in [6.07, 6.45) is 3.22. The van der Waals surface area contributed by atoms with E-state index in [2.05, 4.69) is 43.7 Å². The number of hydrogen-bond acceptors (Lipinski definition) is 7. The summed E-state index contributed by atoms with van der Waals surface area (Å²) in [7, 11) is 1.48. The third-order valence-electron chi connectivity index (χ3n) is 6.87. The fourth-order valence-corrected chi connectivity index (χ4v) is 4.82. The summed E-state index contributed by atoms with van der Waals surface area (Å²) in [5.41, 5.74) is 0.957. The monoisotopic (exact) mass is 568 g/mol. The van der Waals surface area contributed by atoms with E-state index in [0.717, 1.165) is 12.0 Å². The van der Waals surface area contributed by atoms with Crippen LogP contribution in [0.2, 0.25) is 0 Å². The molecule has 40 heavy (non-hydrogen) atoms. The second-order valence-corrected chi connectivity index (χ2v) is 9.44. The van der Waals surface area contributed by atoms with E-state index in [0.29, 0.717) is 57.5 Å². The Bertz CT molecular complexity index is 1150. The molecule has 0 bridgehead atoms. The minimum absolute atomic E-state index is 0.0705. The van der Waals surface area contributed by atoms with Gasteiger partial charge in [0.25, 0.3) is 11.5 Å². The average Bonchev–Trinajstić information content (AvgIpc) is 2.91. The average molecular weight is 569 g/mol. The molecule has 0 radical (unpaired) electrons. The largest absolute Gasteiger partial charge is 0.573 e. The number of rotatable bonds is 14. The fraction of sp³-hybridized carbons (Fsp3) is 0.556. The number of piperazine rings is 1. The van der Waals surface area contributed by atoms with Crippen LogP contribution in [0.4, 0.5) is 19.0 Å². The van der Waals surface area contributed by atoms with Crippen LogP contribution in [0.1, 0.15) is 55.7 Å². The second kappa shape index (κ2) is 15.2. The summed E-state index contributed by atoms with van der Waals surface area (Å²) in [6, 6.07) is 0.154. The third-order valence-corrected chi connectivity index (χ3v) is 6.87. The summed E-state index contributed by atoms with van der Waals surface area (Å²) in [5, 5.41) is 5.20. The number of carbonyl (C=O) groups excluding carboxylic acids is 2. The molecule has 1 aromatic rings. The maximum atomic E-state index is 12.8. The second-order valence-electron chi connectivity index (χ2n) is 9.44. The van der Waals surface area contributed by atoms with Gasteiger partial charge >= 0.3 is 6.36 Å². The quantitative estimate of drug-likeness (QED) is 0.137. The van der Waals surface area contributed by atoms with Crippen LogP contribution in [-0.2, 0) is 9.53 Å². The minimum atomic E-state index is -4.79. The number of carbonyl (C=O) groups is 2. The Morgan fingerprint density at radius 3 is 2.62 bits per heavy atom. The molecule has 1 fully saturated rings. The topological polar surface area (TPSA) is 120 Å². The van der Waals surface area contributed by atoms with E-state index >= 15 is 0 Å². The molecular weight excluding hydrogens is 529 g/mol. The Morgan fingerprint density at radius 1 is 1.30 bits per heavy atom. The van der Waals surface area contributed by atoms with E-state index in [9.17, 15) is 27.6 Å². The SMILES string of the molecule is C=C(/C=C\C(=C/C)CCC(CCNC=O)N1CCN(c2nc(C)c(C(=O)NC)[nH]c2=O)CC1CC)OC(F)(F)F. The molecule has 10 nitrogen and oxygen atoms in total. The molecule has 2 atom stereocenters. The first-order valence-corrected chi connectivity index (χ1v) is 13.2. The summed E-state index contributed by atoms with van der Waals surface area (Å²) in [5.74, 6) is -0.641. The van der Waals surface area contributed by atoms with Crippen molar-refractivity contribution in [1.82, 2.24) is 25.5 Å². The van der Waals surface area contributed by atoms with Gasteiger partial charge in [-0.25, -0.2) is 4.98 Å². The van der Waals surface area contributed by atoms with Gasteiger partial charge in [-0.05, 0) is 45.6 Å². The summed E-state index contributed by atoms with van der Waals surface area (Å²) in [4.78, 5) is 47.1. The lowest BCUT2D eigenvalue weighted by atomic mass is 9.97. The highest BCUT2D eigenvalue weighted by molar-refractivity contribution is 5.93. The van der Waals surface area contributed by atoms with E-state index in [-0.39, 0.29) is 23.6 Å². The van der Waals surface area contributed by atoms with Gasteiger partial charge in [0.15, 0.2) is 5.82 Å². The highest BCUT2D eigenvalue weighted by Crippen LogP contribution is 2.25. The van der Waals surface area contributed by atoms with Crippen LogP contribution in [0.25, 0.3) is 0 Å². The van der Waals surface area contributed by atoms with E-state index in [1.54, 1.807) is 13.0 Å². The van der Waals surface area contributed by atoms with Crippen molar-refractivity contribution in [3.63, 3.8) is 0 Å². The predicted molar refractivity (Wildman–Crippen MR) is 147 cm³/mol. The molecule has 0 aliphatic carbocycles. The molecule has 13 heteroatoms. The Morgan fingerprint density at radius 2 is 2.02 bits per heavy atom. The van der Waals surface area contributed by atoms with Gasteiger partial charge in [0.2, 0.25) is 6.41 Å². The zero-order valence-corrected chi connectivity index (χ0v) is 23.4. The van der Waals surface area contributed by atoms with Crippen molar-refractivity contribution in [2.45, 2.75) is 64.9 Å². The van der Waals surface area contributed by atoms with Crippen molar-refractivity contribution in [2.75, 3.05) is 38.1 Å². The number of allylic oxidation sites excluding steroid dienone is 4. The summed E-state index contributed by atoms with van der Waals surface area (Å²) >= 11 is 0. The molecular formula is C27H39F3N6O4. The van der Waals surface area contributed by atoms with Gasteiger partial charge in [0, 0.05) is 45.3 Å². The smallest absolute Gasteiger partial charge is 0.406 e. The molecule has 222 valence electrons. The Kier molecular flexibility index (Phi) is 12.4. The number of H-pyrrole nitrogens is 1. The van der Waals surface area contributed by atoms with Gasteiger partial charge in [-0.15, -0.1) is 13.2 Å². The van der Waals surface area contributed by atoms with Gasteiger partial charge in [0.1, 0.15) is 11.5 Å². The Labute approximate surface area is 232 Å². The number of aromatic nitrogens is 2. The molecule has 1 aliphatic heterocycles. The Balaban J connectivity index is 2.17. The maximum absolute atomic E-state index is 12.8. The van der Waals surface area contributed by atoms with Crippen LogP contribution in [-0.4, -0.2) is 78.9 Å². The lowest BCUT2D eigenvalue weighted by Gasteiger charge is -2.45. The normalized spacial score (nSPS) is 17.5. The Hall–Kier alpha value is -3.61. The van der Waals surface area contributed by atoms with Crippen LogP contribution < -0.4 is 21.1 Å². The van der Waals surface area contributed by atoms with Crippen molar-refractivity contribution in [3.05, 3.63) is 57.9 Å². The van der Waals surface area contributed by atoms with Gasteiger partial charge < -0.3 is 25.3 Å². The molecule has 1 aromatic heterocycles. The number of nitrogens with zero attached hydrogens (tertiary/aromatic N) is 3. The van der Waals surface area contributed by atoms with Crippen LogP contribution in [0.5, 0.6) is 0 Å². The molecule has 2 amide bonds. The molecule has 2 unspecified atom stereocenters. The van der Waals surface area contributed by atoms with Gasteiger partial charge in [-0.3, -0.25) is 19.3 Å². The first kappa shape index (κ1) is 32.6. The number of amides is 2. The number of aryl methyl sites for hydroxylation is 1. The molecule has 1 saturated heterocycles. The molecule has 3 N–H and O–H groups in total. The highest BCUT2D eigenvalue weighted by atomic mass is 19.4. The number of anilines is 1. The standard InChI is InChI=1S/C27H39F3N6O4/c1-6-20(9-8-18(3)40-27(28,29)30)10-11-22(12-13-32-17-37)36-15-14-35(16-21(36)7-2)24-26(39)34-23(19(4)33-24)25(38)31-5/h6,8-9,17,21-22H,3,7,10-16H2,1-2,4-5H3,(H,31,38)(H,32,37)(H,34,39)/b9-8-,20-6+. The van der Waals surface area contributed by atoms with Gasteiger partial charge in [-0.1, -0.05) is 31.2 Å². The number of hydrogen-bond donors (Lipinski definition) is 3. The van der Waals surface area contributed by atoms with E-state index in [1.165, 1.54) is 13.1 Å². The van der Waals surface area contributed by atoms with Crippen LogP contribution in [0, 0.1) is 6.92 Å². The number of ether oxygens (including phenoxy) is 1. The van der Waals surface area contributed by atoms with Crippen molar-refractivity contribution in [1.29, 1.82) is 0 Å². The van der Waals surface area contributed by atoms with E-state index < -0.39 is 23.6 Å². The van der Waals surface area contributed by atoms with Gasteiger partial charge in [0.05, 0.1) is 5.69 Å². The van der Waals surface area contributed by atoms with Crippen molar-refractivity contribution >= 4 is 18.1 Å². The van der Waals surface area contributed by atoms with Crippen LogP contribution >= 0.6 is 0 Å². The highest BCUT2D eigenvalue weighted by Gasteiger charge is 2.33.